The molecule has 1 saturated heterocycles. The third kappa shape index (κ3) is 3.72. The third-order valence-corrected chi connectivity index (χ3v) is 4.69. The van der Waals surface area contributed by atoms with Crippen LogP contribution in [0.3, 0.4) is 0 Å². The first kappa shape index (κ1) is 16.8. The van der Waals surface area contributed by atoms with Gasteiger partial charge in [0, 0.05) is 10.6 Å². The number of halogens is 2. The van der Waals surface area contributed by atoms with Crippen molar-refractivity contribution in [2.75, 3.05) is 0 Å². The van der Waals surface area contributed by atoms with Gasteiger partial charge >= 0.3 is 0 Å². The van der Waals surface area contributed by atoms with E-state index in [1.165, 1.54) is 12.3 Å². The van der Waals surface area contributed by atoms with E-state index >= 15 is 0 Å². The molecule has 7 heteroatoms. The Morgan fingerprint density at radius 3 is 2.58 bits per heavy atom. The summed E-state index contributed by atoms with van der Waals surface area (Å²) in [6.07, 6.45) is 3.00. The van der Waals surface area contributed by atoms with E-state index < -0.39 is 5.82 Å². The summed E-state index contributed by atoms with van der Waals surface area (Å²) in [6, 6.07) is 13.3. The number of hydrogen-bond acceptors (Lipinski definition) is 4. The van der Waals surface area contributed by atoms with Gasteiger partial charge in [-0.3, -0.25) is 4.79 Å². The fourth-order valence-corrected chi connectivity index (χ4v) is 3.27. The lowest BCUT2D eigenvalue weighted by molar-refractivity contribution is -0.122. The van der Waals surface area contributed by atoms with Crippen molar-refractivity contribution in [3.05, 3.63) is 75.4 Å². The molecule has 3 nitrogen and oxygen atoms in total. The van der Waals surface area contributed by atoms with Crippen LogP contribution in [-0.2, 0) is 4.79 Å². The predicted octanol–water partition coefficient (Wildman–Crippen LogP) is 4.71. The first-order valence-corrected chi connectivity index (χ1v) is 8.47. The zero-order chi connectivity index (χ0) is 17.1. The molecular formula is C17H10ClFN2OS2. The molecule has 1 fully saturated rings. The van der Waals surface area contributed by atoms with E-state index in [1.807, 2.05) is 0 Å². The van der Waals surface area contributed by atoms with Crippen molar-refractivity contribution in [1.82, 2.24) is 5.01 Å². The highest BCUT2D eigenvalue weighted by atomic mass is 35.5. The van der Waals surface area contributed by atoms with Gasteiger partial charge in [0.25, 0.3) is 5.91 Å². The van der Waals surface area contributed by atoms with Crippen LogP contribution in [-0.4, -0.2) is 21.5 Å². The molecule has 0 N–H and O–H groups in total. The van der Waals surface area contributed by atoms with Crippen molar-refractivity contribution in [1.29, 1.82) is 0 Å². The lowest BCUT2D eigenvalue weighted by atomic mass is 10.2. The van der Waals surface area contributed by atoms with Gasteiger partial charge in [0.05, 0.1) is 11.1 Å². The van der Waals surface area contributed by atoms with E-state index in [0.717, 1.165) is 22.3 Å². The Morgan fingerprint density at radius 1 is 1.17 bits per heavy atom. The van der Waals surface area contributed by atoms with Crippen LogP contribution in [0.1, 0.15) is 11.1 Å². The molecule has 3 rings (SSSR count). The Balaban J connectivity index is 1.82. The summed E-state index contributed by atoms with van der Waals surface area (Å²) in [4.78, 5) is 12.9. The highest BCUT2D eigenvalue weighted by Gasteiger charge is 2.32. The third-order valence-electron chi connectivity index (χ3n) is 3.16. The topological polar surface area (TPSA) is 32.7 Å². The average molecular weight is 377 g/mol. The molecule has 120 valence electrons. The fourth-order valence-electron chi connectivity index (χ4n) is 1.97. The van der Waals surface area contributed by atoms with Gasteiger partial charge in [-0.2, -0.15) is 10.1 Å². The monoisotopic (exact) mass is 376 g/mol. The Hall–Kier alpha value is -2.02. The number of nitrogens with zero attached hydrogens (tertiary/aromatic N) is 2. The normalized spacial score (nSPS) is 16.6. The minimum absolute atomic E-state index is 0.285. The molecule has 1 aliphatic rings. The number of thioether (sulfide) groups is 1. The van der Waals surface area contributed by atoms with E-state index in [9.17, 15) is 9.18 Å². The molecule has 2 aromatic carbocycles. The van der Waals surface area contributed by atoms with Crippen LogP contribution in [0.4, 0.5) is 4.39 Å². The molecule has 0 saturated carbocycles. The van der Waals surface area contributed by atoms with E-state index in [4.69, 9.17) is 23.8 Å². The number of hydrazone groups is 1. The summed E-state index contributed by atoms with van der Waals surface area (Å²) in [6.45, 7) is 0. The van der Waals surface area contributed by atoms with Crippen LogP contribution in [0.15, 0.2) is 58.5 Å². The summed E-state index contributed by atoms with van der Waals surface area (Å²) >= 11 is 12.2. The summed E-state index contributed by atoms with van der Waals surface area (Å²) < 4.78 is 13.9. The molecule has 0 radical (unpaired) electrons. The maximum Gasteiger partial charge on any atom is 0.286 e. The highest BCUT2D eigenvalue weighted by Crippen LogP contribution is 2.32. The standard InChI is InChI=1S/C17H10ClFN2OS2/c18-13-7-5-11(6-8-13)9-15-16(22)21(17(23)24-15)20-10-12-3-1-2-4-14(12)19/h1-10H/b15-9+,20-10+. The first-order valence-electron chi connectivity index (χ1n) is 6.86. The molecule has 0 unspecified atom stereocenters. The molecule has 0 spiro atoms. The van der Waals surface area contributed by atoms with E-state index in [2.05, 4.69) is 5.10 Å². The zero-order valence-electron chi connectivity index (χ0n) is 12.1. The van der Waals surface area contributed by atoms with Gasteiger partial charge in [-0.1, -0.05) is 53.7 Å². The van der Waals surface area contributed by atoms with Gasteiger partial charge in [0.1, 0.15) is 5.82 Å². The quantitative estimate of drug-likeness (QED) is 0.441. The number of benzene rings is 2. The van der Waals surface area contributed by atoms with Crippen molar-refractivity contribution >= 4 is 58.1 Å². The Bertz CT molecular complexity index is 865. The van der Waals surface area contributed by atoms with E-state index in [1.54, 1.807) is 48.5 Å². The van der Waals surface area contributed by atoms with E-state index in [0.29, 0.717) is 14.2 Å². The number of thiocarbonyl (C=S) groups is 1. The summed E-state index contributed by atoms with van der Waals surface area (Å²) in [5.41, 5.74) is 1.12. The number of carbonyl (C=O) groups is 1. The molecule has 0 atom stereocenters. The second-order valence-corrected chi connectivity index (χ2v) is 6.92. The minimum Gasteiger partial charge on any atom is -0.266 e. The highest BCUT2D eigenvalue weighted by molar-refractivity contribution is 8.26. The SMILES string of the molecule is O=C1/C(=C\c2ccc(Cl)cc2)SC(=S)N1/N=C/c1ccccc1F. The molecule has 1 heterocycles. The molecule has 1 amide bonds. The number of amides is 1. The largest absolute Gasteiger partial charge is 0.286 e. The second-order valence-electron chi connectivity index (χ2n) is 4.81. The fraction of sp³-hybridized carbons (Fsp3) is 0. The van der Waals surface area contributed by atoms with Crippen LogP contribution in [0, 0.1) is 5.82 Å². The summed E-state index contributed by atoms with van der Waals surface area (Å²) in [5, 5.41) is 5.73. The summed E-state index contributed by atoms with van der Waals surface area (Å²) in [7, 11) is 0. The van der Waals surface area contributed by atoms with Crippen LogP contribution in [0.5, 0.6) is 0 Å². The molecular weight excluding hydrogens is 367 g/mol. The second kappa shape index (κ2) is 7.25. The van der Waals surface area contributed by atoms with Crippen LogP contribution < -0.4 is 0 Å². The maximum atomic E-state index is 13.6. The maximum absolute atomic E-state index is 13.6. The van der Waals surface area contributed by atoms with Crippen LogP contribution in [0.2, 0.25) is 5.02 Å². The van der Waals surface area contributed by atoms with Gasteiger partial charge in [-0.05, 0) is 42.1 Å². The molecule has 1 aliphatic heterocycles. The molecule has 0 aliphatic carbocycles. The van der Waals surface area contributed by atoms with Gasteiger partial charge in [0.15, 0.2) is 4.32 Å². The Morgan fingerprint density at radius 2 is 1.88 bits per heavy atom. The smallest absolute Gasteiger partial charge is 0.266 e. The van der Waals surface area contributed by atoms with Gasteiger partial charge in [-0.25, -0.2) is 4.39 Å². The zero-order valence-corrected chi connectivity index (χ0v) is 14.5. The lowest BCUT2D eigenvalue weighted by Crippen LogP contribution is -2.22. The van der Waals surface area contributed by atoms with Crippen molar-refractivity contribution in [2.24, 2.45) is 5.10 Å². The first-order chi connectivity index (χ1) is 11.5. The molecule has 2 aromatic rings. The molecule has 0 aromatic heterocycles. The Labute approximate surface area is 152 Å². The lowest BCUT2D eigenvalue weighted by Gasteiger charge is -2.06. The van der Waals surface area contributed by atoms with Gasteiger partial charge in [0.2, 0.25) is 0 Å². The van der Waals surface area contributed by atoms with E-state index in [-0.39, 0.29) is 11.5 Å². The van der Waals surface area contributed by atoms with Gasteiger partial charge < -0.3 is 0 Å². The van der Waals surface area contributed by atoms with Crippen molar-refractivity contribution in [3.63, 3.8) is 0 Å². The van der Waals surface area contributed by atoms with Crippen LogP contribution >= 0.6 is 35.6 Å². The number of hydrogen-bond donors (Lipinski definition) is 0. The summed E-state index contributed by atoms with van der Waals surface area (Å²) in [5.74, 6) is -0.754. The number of rotatable bonds is 3. The van der Waals surface area contributed by atoms with Crippen molar-refractivity contribution in [2.45, 2.75) is 0 Å². The molecule has 24 heavy (non-hydrogen) atoms. The predicted molar refractivity (Wildman–Crippen MR) is 100 cm³/mol. The van der Waals surface area contributed by atoms with Crippen LogP contribution in [0.25, 0.3) is 6.08 Å². The minimum atomic E-state index is -0.414. The Kier molecular flexibility index (Phi) is 5.08. The van der Waals surface area contributed by atoms with Gasteiger partial charge in [-0.15, -0.1) is 0 Å². The van der Waals surface area contributed by atoms with Crippen molar-refractivity contribution in [3.8, 4) is 0 Å². The number of carbonyl (C=O) groups excluding carboxylic acids is 1. The van der Waals surface area contributed by atoms with Crippen molar-refractivity contribution < 1.29 is 9.18 Å². The molecule has 0 bridgehead atoms. The average Bonchev–Trinajstić information content (AvgIpc) is 2.83.